The van der Waals surface area contributed by atoms with Crippen LogP contribution in [0.15, 0.2) is 36.7 Å². The van der Waals surface area contributed by atoms with Crippen LogP contribution in [0.2, 0.25) is 0 Å². The van der Waals surface area contributed by atoms with Crippen LogP contribution in [-0.4, -0.2) is 36.3 Å². The first-order valence-corrected chi connectivity index (χ1v) is 7.17. The number of alkyl halides is 2. The molecule has 0 amide bonds. The molecule has 1 atom stereocenters. The highest BCUT2D eigenvalue weighted by Crippen LogP contribution is 2.22. The molecule has 2 N–H and O–H groups in total. The Hall–Kier alpha value is -2.32. The lowest BCUT2D eigenvalue weighted by molar-refractivity contribution is -0.0503. The first-order chi connectivity index (χ1) is 11.2. The molecule has 23 heavy (non-hydrogen) atoms. The molecule has 0 bridgehead atoms. The van der Waals surface area contributed by atoms with Gasteiger partial charge in [0, 0.05) is 18.8 Å². The maximum absolute atomic E-state index is 12.1. The SMILES string of the molecule is FC(F)Oc1cnc(Nc2ccc([C@@H]3CNCCO3)cc2)nc1. The molecule has 2 heterocycles. The lowest BCUT2D eigenvalue weighted by Crippen LogP contribution is -2.33. The number of rotatable bonds is 5. The first kappa shape index (κ1) is 15.6. The second kappa shape index (κ2) is 7.30. The van der Waals surface area contributed by atoms with Crippen molar-refractivity contribution in [2.24, 2.45) is 0 Å². The fourth-order valence-corrected chi connectivity index (χ4v) is 2.23. The fourth-order valence-electron chi connectivity index (χ4n) is 2.23. The van der Waals surface area contributed by atoms with Crippen molar-refractivity contribution in [3.63, 3.8) is 0 Å². The van der Waals surface area contributed by atoms with Crippen LogP contribution in [0.1, 0.15) is 11.7 Å². The van der Waals surface area contributed by atoms with E-state index < -0.39 is 6.61 Å². The van der Waals surface area contributed by atoms with Gasteiger partial charge in [-0.1, -0.05) is 12.1 Å². The van der Waals surface area contributed by atoms with Crippen molar-refractivity contribution >= 4 is 11.6 Å². The van der Waals surface area contributed by atoms with E-state index in [0.29, 0.717) is 12.6 Å². The maximum Gasteiger partial charge on any atom is 0.387 e. The summed E-state index contributed by atoms with van der Waals surface area (Å²) in [5, 5.41) is 6.27. The van der Waals surface area contributed by atoms with Gasteiger partial charge < -0.3 is 20.1 Å². The topological polar surface area (TPSA) is 68.3 Å². The van der Waals surface area contributed by atoms with Crippen LogP contribution in [0.5, 0.6) is 5.75 Å². The van der Waals surface area contributed by atoms with Crippen LogP contribution in [0.3, 0.4) is 0 Å². The number of hydrogen-bond acceptors (Lipinski definition) is 6. The third-order valence-electron chi connectivity index (χ3n) is 3.32. The first-order valence-electron chi connectivity index (χ1n) is 7.17. The molecule has 8 heteroatoms. The van der Waals surface area contributed by atoms with Gasteiger partial charge in [0.05, 0.1) is 25.1 Å². The third-order valence-corrected chi connectivity index (χ3v) is 3.32. The number of aromatic nitrogens is 2. The molecule has 0 radical (unpaired) electrons. The summed E-state index contributed by atoms with van der Waals surface area (Å²) < 4.78 is 34.0. The lowest BCUT2D eigenvalue weighted by Gasteiger charge is -2.24. The Labute approximate surface area is 131 Å². The minimum atomic E-state index is -2.89. The molecule has 6 nitrogen and oxygen atoms in total. The van der Waals surface area contributed by atoms with Crippen molar-refractivity contribution in [1.29, 1.82) is 0 Å². The highest BCUT2D eigenvalue weighted by Gasteiger charge is 2.15. The van der Waals surface area contributed by atoms with Gasteiger partial charge in [-0.25, -0.2) is 9.97 Å². The number of benzene rings is 1. The van der Waals surface area contributed by atoms with Gasteiger partial charge >= 0.3 is 6.61 Å². The number of ether oxygens (including phenoxy) is 2. The molecule has 0 spiro atoms. The molecule has 1 aliphatic rings. The third kappa shape index (κ3) is 4.33. The quantitative estimate of drug-likeness (QED) is 0.881. The van der Waals surface area contributed by atoms with Crippen LogP contribution >= 0.6 is 0 Å². The monoisotopic (exact) mass is 322 g/mol. The Morgan fingerprint density at radius 3 is 2.57 bits per heavy atom. The van der Waals surface area contributed by atoms with Gasteiger partial charge in [-0.05, 0) is 17.7 Å². The highest BCUT2D eigenvalue weighted by atomic mass is 19.3. The molecule has 1 saturated heterocycles. The molecule has 1 fully saturated rings. The van der Waals surface area contributed by atoms with Crippen molar-refractivity contribution in [3.8, 4) is 5.75 Å². The molecule has 122 valence electrons. The van der Waals surface area contributed by atoms with Crippen LogP contribution in [0.4, 0.5) is 20.4 Å². The predicted octanol–water partition coefficient (Wildman–Crippen LogP) is 2.48. The normalized spacial score (nSPS) is 18.0. The maximum atomic E-state index is 12.1. The molecule has 0 unspecified atom stereocenters. The summed E-state index contributed by atoms with van der Waals surface area (Å²) in [6.07, 6.45) is 2.44. The van der Waals surface area contributed by atoms with Gasteiger partial charge in [0.15, 0.2) is 5.75 Å². The molecule has 1 aliphatic heterocycles. The van der Waals surface area contributed by atoms with E-state index in [1.165, 1.54) is 12.4 Å². The van der Waals surface area contributed by atoms with Crippen molar-refractivity contribution in [2.75, 3.05) is 25.0 Å². The molecule has 2 aromatic rings. The van der Waals surface area contributed by atoms with E-state index in [1.807, 2.05) is 24.3 Å². The smallest absolute Gasteiger partial charge is 0.387 e. The Morgan fingerprint density at radius 2 is 1.96 bits per heavy atom. The van der Waals surface area contributed by atoms with E-state index in [-0.39, 0.29) is 11.9 Å². The van der Waals surface area contributed by atoms with E-state index in [0.717, 1.165) is 24.3 Å². The number of halogens is 2. The highest BCUT2D eigenvalue weighted by molar-refractivity contribution is 5.53. The molecule has 3 rings (SSSR count). The zero-order chi connectivity index (χ0) is 16.1. The summed E-state index contributed by atoms with van der Waals surface area (Å²) in [7, 11) is 0. The van der Waals surface area contributed by atoms with Gasteiger partial charge in [-0.3, -0.25) is 0 Å². The average molecular weight is 322 g/mol. The van der Waals surface area contributed by atoms with Crippen LogP contribution in [-0.2, 0) is 4.74 Å². The minimum absolute atomic E-state index is 0.0554. The Bertz CT molecular complexity index is 616. The van der Waals surface area contributed by atoms with Crippen molar-refractivity contribution < 1.29 is 18.3 Å². The Kier molecular flexibility index (Phi) is 4.94. The second-order valence-electron chi connectivity index (χ2n) is 4.93. The summed E-state index contributed by atoms with van der Waals surface area (Å²) in [4.78, 5) is 7.85. The average Bonchev–Trinajstić information content (AvgIpc) is 2.58. The summed E-state index contributed by atoms with van der Waals surface area (Å²) >= 11 is 0. The van der Waals surface area contributed by atoms with Crippen LogP contribution in [0, 0.1) is 0 Å². The zero-order valence-corrected chi connectivity index (χ0v) is 12.2. The van der Waals surface area contributed by atoms with E-state index in [4.69, 9.17) is 4.74 Å². The van der Waals surface area contributed by atoms with Gasteiger partial charge in [-0.15, -0.1) is 0 Å². The van der Waals surface area contributed by atoms with E-state index >= 15 is 0 Å². The minimum Gasteiger partial charge on any atom is -0.432 e. The number of nitrogens with one attached hydrogen (secondary N) is 2. The zero-order valence-electron chi connectivity index (χ0n) is 12.2. The van der Waals surface area contributed by atoms with E-state index in [2.05, 4.69) is 25.3 Å². The van der Waals surface area contributed by atoms with Gasteiger partial charge in [0.1, 0.15) is 0 Å². The Balaban J connectivity index is 1.61. The van der Waals surface area contributed by atoms with Gasteiger partial charge in [-0.2, -0.15) is 8.78 Å². The Morgan fingerprint density at radius 1 is 1.22 bits per heavy atom. The summed E-state index contributed by atoms with van der Waals surface area (Å²) in [6.45, 7) is -0.521. The molecule has 1 aromatic carbocycles. The molecule has 0 aliphatic carbocycles. The summed E-state index contributed by atoms with van der Waals surface area (Å²) in [5.74, 6) is 0.220. The van der Waals surface area contributed by atoms with Crippen LogP contribution in [0.25, 0.3) is 0 Å². The number of nitrogens with zero attached hydrogens (tertiary/aromatic N) is 2. The number of anilines is 2. The van der Waals surface area contributed by atoms with Crippen LogP contribution < -0.4 is 15.4 Å². The van der Waals surface area contributed by atoms with E-state index in [9.17, 15) is 8.78 Å². The van der Waals surface area contributed by atoms with Crippen molar-refractivity contribution in [1.82, 2.24) is 15.3 Å². The molecular formula is C15H16F2N4O2. The van der Waals surface area contributed by atoms with Gasteiger partial charge in [0.25, 0.3) is 0 Å². The fraction of sp³-hybridized carbons (Fsp3) is 0.333. The summed E-state index contributed by atoms with van der Waals surface area (Å²) in [6, 6.07) is 7.71. The van der Waals surface area contributed by atoms with Crippen molar-refractivity contribution in [2.45, 2.75) is 12.7 Å². The second-order valence-corrected chi connectivity index (χ2v) is 4.93. The van der Waals surface area contributed by atoms with E-state index in [1.54, 1.807) is 0 Å². The van der Waals surface area contributed by atoms with Gasteiger partial charge in [0.2, 0.25) is 5.95 Å². The summed E-state index contributed by atoms with van der Waals surface area (Å²) in [5.41, 5.74) is 1.88. The largest absolute Gasteiger partial charge is 0.432 e. The van der Waals surface area contributed by atoms with Crippen molar-refractivity contribution in [3.05, 3.63) is 42.2 Å². The molecule has 1 aromatic heterocycles. The molecular weight excluding hydrogens is 306 g/mol. The number of morpholine rings is 1. The predicted molar refractivity (Wildman–Crippen MR) is 80.0 cm³/mol. The standard InChI is InChI=1S/C15H16F2N4O2/c16-14(17)23-12-7-19-15(20-8-12)21-11-3-1-10(2-4-11)13-9-18-5-6-22-13/h1-4,7-8,13-14,18H,5-6,9H2,(H,19,20,21)/t13-/m0/s1. The molecule has 0 saturated carbocycles. The lowest BCUT2D eigenvalue weighted by atomic mass is 10.1. The number of hydrogen-bond donors (Lipinski definition) is 2.